The summed E-state index contributed by atoms with van der Waals surface area (Å²) in [7, 11) is 5.75. The minimum atomic E-state index is -0.0231. The molecule has 112 valence electrons. The molecule has 0 saturated heterocycles. The van der Waals surface area contributed by atoms with Crippen LogP contribution >= 0.6 is 0 Å². The fraction of sp³-hybridized carbons (Fsp3) is 0.786. The predicted molar refractivity (Wildman–Crippen MR) is 79.3 cm³/mol. The van der Waals surface area contributed by atoms with Gasteiger partial charge in [0.1, 0.15) is 0 Å². The van der Waals surface area contributed by atoms with Crippen molar-refractivity contribution in [3.05, 3.63) is 12.2 Å². The number of hydrogen-bond donors (Lipinski definition) is 2. The lowest BCUT2D eigenvalue weighted by Gasteiger charge is -2.11. The molecule has 1 amide bonds. The van der Waals surface area contributed by atoms with E-state index in [1.54, 1.807) is 13.2 Å². The molecule has 19 heavy (non-hydrogen) atoms. The number of ether oxygens (including phenoxy) is 1. The number of amides is 1. The molecule has 0 fully saturated rings. The molecule has 0 rings (SSSR count). The third kappa shape index (κ3) is 13.3. The molecule has 0 aliphatic rings. The van der Waals surface area contributed by atoms with Crippen molar-refractivity contribution in [3.63, 3.8) is 0 Å². The topological polar surface area (TPSA) is 53.6 Å². The van der Waals surface area contributed by atoms with Gasteiger partial charge >= 0.3 is 0 Å². The van der Waals surface area contributed by atoms with Crippen molar-refractivity contribution in [1.29, 1.82) is 0 Å². The molecule has 5 heteroatoms. The summed E-state index contributed by atoms with van der Waals surface area (Å²) in [5, 5.41) is 6.16. The Hall–Kier alpha value is -0.910. The van der Waals surface area contributed by atoms with Gasteiger partial charge in [-0.05, 0) is 40.4 Å². The number of rotatable bonds is 11. The van der Waals surface area contributed by atoms with Crippen LogP contribution in [0.4, 0.5) is 0 Å². The van der Waals surface area contributed by atoms with Gasteiger partial charge in [-0.25, -0.2) is 0 Å². The summed E-state index contributed by atoms with van der Waals surface area (Å²) in [6.07, 6.45) is 5.39. The van der Waals surface area contributed by atoms with E-state index in [1.807, 2.05) is 20.2 Å². The van der Waals surface area contributed by atoms with Crippen LogP contribution in [0.15, 0.2) is 12.2 Å². The molecule has 2 N–H and O–H groups in total. The Bertz CT molecular complexity index is 255. The Morgan fingerprint density at radius 3 is 2.79 bits per heavy atom. The smallest absolute Gasteiger partial charge is 0.243 e. The number of methoxy groups -OCH3 is 1. The highest BCUT2D eigenvalue weighted by atomic mass is 16.5. The van der Waals surface area contributed by atoms with Crippen molar-refractivity contribution in [2.24, 2.45) is 0 Å². The van der Waals surface area contributed by atoms with E-state index in [4.69, 9.17) is 4.74 Å². The van der Waals surface area contributed by atoms with Crippen LogP contribution in [0.2, 0.25) is 0 Å². The van der Waals surface area contributed by atoms with E-state index in [-0.39, 0.29) is 5.91 Å². The number of nitrogens with zero attached hydrogens (tertiary/aromatic N) is 1. The maximum atomic E-state index is 11.4. The zero-order valence-corrected chi connectivity index (χ0v) is 12.7. The number of hydrogen-bond acceptors (Lipinski definition) is 4. The van der Waals surface area contributed by atoms with Crippen molar-refractivity contribution in [1.82, 2.24) is 15.5 Å². The van der Waals surface area contributed by atoms with Crippen molar-refractivity contribution in [3.8, 4) is 0 Å². The maximum Gasteiger partial charge on any atom is 0.243 e. The second-order valence-corrected chi connectivity index (χ2v) is 4.94. The molecular weight excluding hydrogens is 242 g/mol. The number of nitrogens with one attached hydrogen (secondary N) is 2. The summed E-state index contributed by atoms with van der Waals surface area (Å²) < 4.78 is 5.00. The molecule has 0 spiro atoms. The molecule has 0 aliphatic carbocycles. The Morgan fingerprint density at radius 1 is 1.42 bits per heavy atom. The van der Waals surface area contributed by atoms with E-state index in [0.717, 1.165) is 32.5 Å². The van der Waals surface area contributed by atoms with Gasteiger partial charge < -0.3 is 20.3 Å². The monoisotopic (exact) mass is 271 g/mol. The van der Waals surface area contributed by atoms with Crippen LogP contribution < -0.4 is 10.6 Å². The lowest BCUT2D eigenvalue weighted by Crippen LogP contribution is -2.28. The first-order chi connectivity index (χ1) is 9.06. The van der Waals surface area contributed by atoms with Gasteiger partial charge in [0.2, 0.25) is 5.91 Å². The third-order valence-corrected chi connectivity index (χ3v) is 2.69. The highest BCUT2D eigenvalue weighted by Crippen LogP contribution is 1.90. The summed E-state index contributed by atoms with van der Waals surface area (Å²) in [5.41, 5.74) is 0. The number of carbonyl (C=O) groups is 1. The van der Waals surface area contributed by atoms with Gasteiger partial charge in [0, 0.05) is 38.9 Å². The van der Waals surface area contributed by atoms with Gasteiger partial charge in [0.25, 0.3) is 0 Å². The summed E-state index contributed by atoms with van der Waals surface area (Å²) in [6.45, 7) is 5.27. The molecule has 0 radical (unpaired) electrons. The molecule has 5 nitrogen and oxygen atoms in total. The highest BCUT2D eigenvalue weighted by molar-refractivity contribution is 5.87. The number of carbonyl (C=O) groups excluding carboxylic acids is 1. The van der Waals surface area contributed by atoms with Gasteiger partial charge in [-0.15, -0.1) is 0 Å². The summed E-state index contributed by atoms with van der Waals surface area (Å²) in [4.78, 5) is 13.5. The van der Waals surface area contributed by atoms with Gasteiger partial charge in [-0.3, -0.25) is 4.79 Å². The first kappa shape index (κ1) is 18.1. The van der Waals surface area contributed by atoms with E-state index in [2.05, 4.69) is 22.5 Å². The van der Waals surface area contributed by atoms with Crippen LogP contribution in [0.1, 0.15) is 19.8 Å². The molecular formula is C14H29N3O2. The van der Waals surface area contributed by atoms with Gasteiger partial charge in [0.05, 0.1) is 0 Å². The quantitative estimate of drug-likeness (QED) is 0.427. The fourth-order valence-corrected chi connectivity index (χ4v) is 1.50. The zero-order valence-electron chi connectivity index (χ0n) is 12.7. The van der Waals surface area contributed by atoms with Crippen LogP contribution in [0.5, 0.6) is 0 Å². The lowest BCUT2D eigenvalue weighted by atomic mass is 10.2. The molecule has 0 aromatic heterocycles. The molecule has 0 bridgehead atoms. The Balaban J connectivity index is 3.51. The molecule has 1 atom stereocenters. The maximum absolute atomic E-state index is 11.4. The van der Waals surface area contributed by atoms with Crippen LogP contribution in [0.25, 0.3) is 0 Å². The molecule has 0 aliphatic heterocycles. The minimum absolute atomic E-state index is 0.0231. The van der Waals surface area contributed by atoms with E-state index in [1.165, 1.54) is 0 Å². The second-order valence-electron chi connectivity index (χ2n) is 4.94. The first-order valence-electron chi connectivity index (χ1n) is 6.87. The fourth-order valence-electron chi connectivity index (χ4n) is 1.50. The normalized spacial score (nSPS) is 13.1. The van der Waals surface area contributed by atoms with E-state index in [9.17, 15) is 4.79 Å². The first-order valence-corrected chi connectivity index (χ1v) is 6.87. The third-order valence-electron chi connectivity index (χ3n) is 2.69. The predicted octanol–water partition coefficient (Wildman–Crippen LogP) is 0.625. The van der Waals surface area contributed by atoms with Gasteiger partial charge in [-0.1, -0.05) is 6.08 Å². The molecule has 0 aromatic rings. The van der Waals surface area contributed by atoms with Crippen molar-refractivity contribution < 1.29 is 9.53 Å². The molecule has 0 saturated carbocycles. The van der Waals surface area contributed by atoms with Crippen LogP contribution in [-0.4, -0.2) is 64.3 Å². The highest BCUT2D eigenvalue weighted by Gasteiger charge is 1.99. The largest absolute Gasteiger partial charge is 0.385 e. The zero-order chi connectivity index (χ0) is 14.5. The van der Waals surface area contributed by atoms with E-state index in [0.29, 0.717) is 12.6 Å². The summed E-state index contributed by atoms with van der Waals surface area (Å²) in [5.74, 6) is -0.0231. The molecule has 1 unspecified atom stereocenters. The Morgan fingerprint density at radius 2 is 2.16 bits per heavy atom. The van der Waals surface area contributed by atoms with Crippen molar-refractivity contribution in [2.45, 2.75) is 25.8 Å². The van der Waals surface area contributed by atoms with E-state index < -0.39 is 0 Å². The average Bonchev–Trinajstić information content (AvgIpc) is 2.37. The van der Waals surface area contributed by atoms with Crippen molar-refractivity contribution >= 4 is 5.91 Å². The van der Waals surface area contributed by atoms with Gasteiger partial charge in [0.15, 0.2) is 0 Å². The lowest BCUT2D eigenvalue weighted by molar-refractivity contribution is -0.116. The van der Waals surface area contributed by atoms with Crippen LogP contribution in [0.3, 0.4) is 0 Å². The molecule has 0 aromatic carbocycles. The van der Waals surface area contributed by atoms with Gasteiger partial charge in [-0.2, -0.15) is 0 Å². The Kier molecular flexibility index (Phi) is 11.6. The second kappa shape index (κ2) is 12.1. The Labute approximate surface area is 117 Å². The SMILES string of the molecule is COCCC(C)NC/C=C/C(=O)NCCCN(C)C. The molecule has 0 heterocycles. The van der Waals surface area contributed by atoms with Crippen molar-refractivity contribution in [2.75, 3.05) is 47.4 Å². The standard InChI is InChI=1S/C14H29N3O2/c1-13(8-12-19-4)15-9-5-7-14(18)16-10-6-11-17(2)3/h5,7,13,15H,6,8-12H2,1-4H3,(H,16,18)/b7-5+. The average molecular weight is 271 g/mol. The van der Waals surface area contributed by atoms with E-state index >= 15 is 0 Å². The van der Waals surface area contributed by atoms with Crippen LogP contribution in [0, 0.1) is 0 Å². The minimum Gasteiger partial charge on any atom is -0.385 e. The summed E-state index contributed by atoms with van der Waals surface area (Å²) >= 11 is 0. The van der Waals surface area contributed by atoms with Crippen LogP contribution in [-0.2, 0) is 9.53 Å². The summed E-state index contributed by atoms with van der Waals surface area (Å²) in [6, 6.07) is 0.396.